The monoisotopic (exact) mass is 614 g/mol. The van der Waals surface area contributed by atoms with Gasteiger partial charge in [-0.1, -0.05) is 23.7 Å². The molecular formula is C18H17ClI2N2O2S. The maximum atomic E-state index is 11.7. The molecule has 3 atom stereocenters. The quantitative estimate of drug-likeness (QED) is 0.419. The van der Waals surface area contributed by atoms with Crippen molar-refractivity contribution in [3.8, 4) is 0 Å². The Labute approximate surface area is 189 Å². The molecule has 1 aliphatic heterocycles. The van der Waals surface area contributed by atoms with Gasteiger partial charge < -0.3 is 5.11 Å². The number of carbonyl (C=O) groups is 1. The molecule has 2 aromatic rings. The maximum Gasteiger partial charge on any atom is 0.321 e. The summed E-state index contributed by atoms with van der Waals surface area (Å²) in [6.45, 7) is 0. The molecule has 0 aromatic heterocycles. The fourth-order valence-electron chi connectivity index (χ4n) is 2.79. The Hall–Kier alpha value is -0.0700. The molecule has 1 heterocycles. The van der Waals surface area contributed by atoms with E-state index < -0.39 is 12.0 Å². The fraction of sp³-hybridized carbons (Fsp3) is 0.278. The highest BCUT2D eigenvalue weighted by Crippen LogP contribution is 2.30. The zero-order chi connectivity index (χ0) is 18.7. The summed E-state index contributed by atoms with van der Waals surface area (Å²) < 4.78 is 2.41. The van der Waals surface area contributed by atoms with Crippen LogP contribution in [0, 0.1) is 7.14 Å². The van der Waals surface area contributed by atoms with E-state index in [1.54, 1.807) is 23.9 Å². The third-order valence-electron chi connectivity index (χ3n) is 4.07. The van der Waals surface area contributed by atoms with E-state index in [-0.39, 0.29) is 11.5 Å². The molecule has 0 bridgehead atoms. The normalized spacial score (nSPS) is 20.9. The minimum absolute atomic E-state index is 0.0936. The van der Waals surface area contributed by atoms with Crippen LogP contribution in [0.25, 0.3) is 0 Å². The zero-order valence-electron chi connectivity index (χ0n) is 13.6. The van der Waals surface area contributed by atoms with Crippen molar-refractivity contribution in [1.29, 1.82) is 0 Å². The molecule has 3 unspecified atom stereocenters. The van der Waals surface area contributed by atoms with E-state index >= 15 is 0 Å². The molecule has 3 N–H and O–H groups in total. The van der Waals surface area contributed by atoms with Crippen LogP contribution in [0.1, 0.15) is 17.2 Å². The average molecular weight is 615 g/mol. The largest absolute Gasteiger partial charge is 0.480 e. The molecule has 138 valence electrons. The lowest BCUT2D eigenvalue weighted by atomic mass is 10.1. The number of hydrogen-bond donors (Lipinski definition) is 3. The predicted octanol–water partition coefficient (Wildman–Crippen LogP) is 4.50. The minimum Gasteiger partial charge on any atom is -0.480 e. The maximum absolute atomic E-state index is 11.7. The van der Waals surface area contributed by atoms with Gasteiger partial charge in [-0.2, -0.15) is 0 Å². The van der Waals surface area contributed by atoms with Crippen LogP contribution < -0.4 is 10.6 Å². The first kappa shape index (κ1) is 20.7. The van der Waals surface area contributed by atoms with Crippen molar-refractivity contribution in [2.24, 2.45) is 0 Å². The first-order valence-corrected chi connectivity index (χ1v) is 11.6. The van der Waals surface area contributed by atoms with Gasteiger partial charge in [-0.05, 0) is 93.1 Å². The molecule has 0 spiro atoms. The van der Waals surface area contributed by atoms with Crippen molar-refractivity contribution in [1.82, 2.24) is 10.6 Å². The number of benzene rings is 2. The van der Waals surface area contributed by atoms with Crippen molar-refractivity contribution in [2.75, 3.05) is 5.75 Å². The number of carboxylic acids is 1. The van der Waals surface area contributed by atoms with Crippen molar-refractivity contribution in [2.45, 2.75) is 24.0 Å². The molecular weight excluding hydrogens is 598 g/mol. The van der Waals surface area contributed by atoms with E-state index in [1.165, 1.54) is 12.7 Å². The van der Waals surface area contributed by atoms with Crippen LogP contribution in [0.5, 0.6) is 0 Å². The van der Waals surface area contributed by atoms with Crippen molar-refractivity contribution < 1.29 is 9.90 Å². The Bertz CT molecular complexity index is 771. The Kier molecular flexibility index (Phi) is 7.48. The second-order valence-corrected chi connectivity index (χ2v) is 10.1. The number of halogens is 3. The molecule has 1 saturated heterocycles. The van der Waals surface area contributed by atoms with Gasteiger partial charge in [-0.3, -0.25) is 15.4 Å². The topological polar surface area (TPSA) is 61.4 Å². The zero-order valence-corrected chi connectivity index (χ0v) is 19.5. The molecule has 2 aromatic carbocycles. The SMILES string of the molecule is O=C(O)C(Cc1ccc(Cl)cc1)NC1NC(c2cc(I)cc(I)c2)CS1. The van der Waals surface area contributed by atoms with Crippen LogP contribution in [0.4, 0.5) is 0 Å². The van der Waals surface area contributed by atoms with Crippen LogP contribution in [-0.4, -0.2) is 28.4 Å². The van der Waals surface area contributed by atoms with Crippen LogP contribution in [0.15, 0.2) is 42.5 Å². The summed E-state index contributed by atoms with van der Waals surface area (Å²) in [6.07, 6.45) is 0.414. The van der Waals surface area contributed by atoms with E-state index in [9.17, 15) is 9.90 Å². The van der Waals surface area contributed by atoms with Gasteiger partial charge in [0.2, 0.25) is 0 Å². The van der Waals surface area contributed by atoms with Gasteiger partial charge in [-0.15, -0.1) is 11.8 Å². The summed E-state index contributed by atoms with van der Waals surface area (Å²) in [6, 6.07) is 13.3. The third kappa shape index (κ3) is 5.71. The second-order valence-electron chi connectivity index (χ2n) is 6.02. The van der Waals surface area contributed by atoms with Crippen LogP contribution in [0.2, 0.25) is 5.02 Å². The summed E-state index contributed by atoms with van der Waals surface area (Å²) in [4.78, 5) is 11.7. The lowest BCUT2D eigenvalue weighted by Gasteiger charge is -2.20. The van der Waals surface area contributed by atoms with Gasteiger partial charge in [0, 0.05) is 24.0 Å². The average Bonchev–Trinajstić information content (AvgIpc) is 3.04. The molecule has 26 heavy (non-hydrogen) atoms. The smallest absolute Gasteiger partial charge is 0.321 e. The minimum atomic E-state index is -0.852. The summed E-state index contributed by atoms with van der Waals surface area (Å²) in [5.41, 5.74) is 2.09. The first-order valence-electron chi connectivity index (χ1n) is 7.97. The number of rotatable bonds is 6. The predicted molar refractivity (Wildman–Crippen MR) is 124 cm³/mol. The Morgan fingerprint density at radius 1 is 1.27 bits per heavy atom. The Morgan fingerprint density at radius 3 is 2.54 bits per heavy atom. The van der Waals surface area contributed by atoms with Gasteiger partial charge in [0.25, 0.3) is 0 Å². The second kappa shape index (κ2) is 9.42. The lowest BCUT2D eigenvalue weighted by Crippen LogP contribution is -2.47. The number of aliphatic carboxylic acids is 1. The van der Waals surface area contributed by atoms with Crippen LogP contribution in [0.3, 0.4) is 0 Å². The van der Waals surface area contributed by atoms with Gasteiger partial charge in [0.05, 0.1) is 0 Å². The fourth-order valence-corrected chi connectivity index (χ4v) is 6.10. The molecule has 1 aliphatic rings. The van der Waals surface area contributed by atoms with Crippen molar-refractivity contribution in [3.63, 3.8) is 0 Å². The molecule has 3 rings (SSSR count). The number of thioether (sulfide) groups is 1. The standard InChI is InChI=1S/C18H17ClI2N2O2S/c19-12-3-1-10(2-4-12)5-15(17(24)25)22-18-23-16(9-26-18)11-6-13(20)8-14(21)7-11/h1-4,6-8,15-16,18,22-23H,5,9H2,(H,24,25). The van der Waals surface area contributed by atoms with Crippen LogP contribution in [-0.2, 0) is 11.2 Å². The summed E-state index contributed by atoms with van der Waals surface area (Å²) in [7, 11) is 0. The van der Waals surface area contributed by atoms with E-state index in [4.69, 9.17) is 11.6 Å². The van der Waals surface area contributed by atoms with Crippen molar-refractivity contribution >= 4 is 74.5 Å². The molecule has 8 heteroatoms. The molecule has 0 radical (unpaired) electrons. The van der Waals surface area contributed by atoms with Crippen LogP contribution >= 0.6 is 68.5 Å². The highest BCUT2D eigenvalue weighted by atomic mass is 127. The summed E-state index contributed by atoms with van der Waals surface area (Å²) >= 11 is 12.3. The van der Waals surface area contributed by atoms with E-state index in [2.05, 4.69) is 74.0 Å². The lowest BCUT2D eigenvalue weighted by molar-refractivity contribution is -0.139. The van der Waals surface area contributed by atoms with Gasteiger partial charge in [-0.25, -0.2) is 0 Å². The first-order chi connectivity index (χ1) is 12.4. The third-order valence-corrected chi connectivity index (χ3v) is 6.70. The van der Waals surface area contributed by atoms with Gasteiger partial charge >= 0.3 is 5.97 Å². The molecule has 0 amide bonds. The van der Waals surface area contributed by atoms with E-state index in [1.807, 2.05) is 12.1 Å². The molecule has 1 fully saturated rings. The highest BCUT2D eigenvalue weighted by Gasteiger charge is 2.29. The molecule has 0 aliphatic carbocycles. The summed E-state index contributed by atoms with van der Waals surface area (Å²) in [5.74, 6) is 0.0517. The van der Waals surface area contributed by atoms with E-state index in [0.717, 1.165) is 11.3 Å². The number of hydrogen-bond acceptors (Lipinski definition) is 4. The van der Waals surface area contributed by atoms with Gasteiger partial charge in [0.15, 0.2) is 0 Å². The Balaban J connectivity index is 1.63. The number of carboxylic acid groups (broad SMARTS) is 1. The molecule has 4 nitrogen and oxygen atoms in total. The Morgan fingerprint density at radius 2 is 1.92 bits per heavy atom. The highest BCUT2D eigenvalue weighted by molar-refractivity contribution is 14.1. The van der Waals surface area contributed by atoms with E-state index in [0.29, 0.717) is 11.4 Å². The van der Waals surface area contributed by atoms with Crippen molar-refractivity contribution in [3.05, 3.63) is 65.8 Å². The van der Waals surface area contributed by atoms with Gasteiger partial charge in [0.1, 0.15) is 11.5 Å². The molecule has 0 saturated carbocycles. The summed E-state index contributed by atoms with van der Waals surface area (Å²) in [5, 5.41) is 17.0. The number of nitrogens with one attached hydrogen (secondary N) is 2.